The monoisotopic (exact) mass is 202 g/mol. The third kappa shape index (κ3) is 4.09. The second-order valence-corrected chi connectivity index (χ2v) is 4.45. The summed E-state index contributed by atoms with van der Waals surface area (Å²) in [6.45, 7) is 9.53. The van der Waals surface area contributed by atoms with Crippen LogP contribution in [0, 0.1) is 5.92 Å². The first-order valence-corrected chi connectivity index (χ1v) is 5.21. The second kappa shape index (κ2) is 5.35. The molecule has 1 N–H and O–H groups in total. The lowest BCUT2D eigenvalue weighted by atomic mass is 9.87. The average molecular weight is 202 g/mol. The Morgan fingerprint density at radius 1 is 1.43 bits per heavy atom. The van der Waals surface area contributed by atoms with Crippen molar-refractivity contribution in [2.75, 3.05) is 0 Å². The minimum atomic E-state index is -0.766. The van der Waals surface area contributed by atoms with Crippen molar-refractivity contribution >= 4 is 5.97 Å². The molecule has 0 aromatic carbocycles. The van der Waals surface area contributed by atoms with Gasteiger partial charge in [-0.1, -0.05) is 13.3 Å². The molecule has 0 aliphatic rings. The van der Waals surface area contributed by atoms with E-state index in [0.717, 1.165) is 6.42 Å². The van der Waals surface area contributed by atoms with E-state index in [-0.39, 0.29) is 6.10 Å². The molecule has 14 heavy (non-hydrogen) atoms. The molecule has 0 radical (unpaired) electrons. The Balaban J connectivity index is 4.53. The Bertz CT molecular complexity index is 185. The number of carbonyl (C=O) groups is 1. The highest BCUT2D eigenvalue weighted by Crippen LogP contribution is 2.27. The molecular formula is C11H22O3. The highest BCUT2D eigenvalue weighted by atomic mass is 16.5. The first-order valence-electron chi connectivity index (χ1n) is 5.21. The fourth-order valence-electron chi connectivity index (χ4n) is 1.75. The van der Waals surface area contributed by atoms with Crippen LogP contribution in [0.1, 0.15) is 47.5 Å². The molecule has 0 aliphatic carbocycles. The number of carboxylic acid groups (broad SMARTS) is 1. The van der Waals surface area contributed by atoms with Crippen LogP contribution in [0.25, 0.3) is 0 Å². The molecule has 0 bridgehead atoms. The van der Waals surface area contributed by atoms with Gasteiger partial charge in [-0.05, 0) is 34.1 Å². The number of aliphatic carboxylic acids is 1. The average Bonchev–Trinajstić information content (AvgIpc) is 1.96. The maximum atomic E-state index is 11.0. The molecule has 1 unspecified atom stereocenters. The zero-order valence-electron chi connectivity index (χ0n) is 9.83. The zero-order chi connectivity index (χ0) is 11.4. The van der Waals surface area contributed by atoms with Gasteiger partial charge in [0.25, 0.3) is 0 Å². The number of ether oxygens (including phenoxy) is 1. The standard InChI is InChI=1S/C11H22O3/c1-6-7-9(10(12)13)11(4,5)14-8(2)3/h8-9H,6-7H2,1-5H3,(H,12,13). The minimum absolute atomic E-state index is 0.0590. The molecule has 0 heterocycles. The first kappa shape index (κ1) is 13.4. The van der Waals surface area contributed by atoms with Crippen molar-refractivity contribution in [3.63, 3.8) is 0 Å². The Kier molecular flexibility index (Phi) is 5.13. The lowest BCUT2D eigenvalue weighted by molar-refractivity contribution is -0.159. The highest BCUT2D eigenvalue weighted by Gasteiger charge is 2.35. The molecule has 0 saturated heterocycles. The van der Waals surface area contributed by atoms with Crippen molar-refractivity contribution < 1.29 is 14.6 Å². The van der Waals surface area contributed by atoms with E-state index >= 15 is 0 Å². The number of rotatable bonds is 6. The summed E-state index contributed by atoms with van der Waals surface area (Å²) in [7, 11) is 0. The van der Waals surface area contributed by atoms with Crippen LogP contribution < -0.4 is 0 Å². The molecule has 84 valence electrons. The molecule has 0 aromatic heterocycles. The van der Waals surface area contributed by atoms with Crippen LogP contribution in [0.2, 0.25) is 0 Å². The molecule has 0 aromatic rings. The summed E-state index contributed by atoms with van der Waals surface area (Å²) in [5.74, 6) is -1.19. The van der Waals surface area contributed by atoms with E-state index in [1.807, 2.05) is 34.6 Å². The number of hydrogen-bond acceptors (Lipinski definition) is 2. The molecular weight excluding hydrogens is 180 g/mol. The summed E-state index contributed by atoms with van der Waals surface area (Å²) in [4.78, 5) is 11.0. The summed E-state index contributed by atoms with van der Waals surface area (Å²) in [5.41, 5.74) is -0.587. The van der Waals surface area contributed by atoms with E-state index < -0.39 is 17.5 Å². The van der Waals surface area contributed by atoms with Gasteiger partial charge in [0.1, 0.15) is 0 Å². The predicted octanol–water partition coefficient (Wildman–Crippen LogP) is 2.69. The van der Waals surface area contributed by atoms with Crippen molar-refractivity contribution in [3.05, 3.63) is 0 Å². The topological polar surface area (TPSA) is 46.5 Å². The molecule has 0 saturated carbocycles. The van der Waals surface area contributed by atoms with E-state index in [1.165, 1.54) is 0 Å². The van der Waals surface area contributed by atoms with Crippen LogP contribution in [-0.2, 0) is 9.53 Å². The van der Waals surface area contributed by atoms with Crippen molar-refractivity contribution in [1.82, 2.24) is 0 Å². The van der Waals surface area contributed by atoms with E-state index in [2.05, 4.69) is 0 Å². The van der Waals surface area contributed by atoms with Gasteiger partial charge in [0.2, 0.25) is 0 Å². The highest BCUT2D eigenvalue weighted by molar-refractivity contribution is 5.71. The molecule has 0 amide bonds. The maximum absolute atomic E-state index is 11.0. The predicted molar refractivity (Wildman–Crippen MR) is 56.3 cm³/mol. The van der Waals surface area contributed by atoms with Gasteiger partial charge in [0.05, 0.1) is 17.6 Å². The quantitative estimate of drug-likeness (QED) is 0.720. The lowest BCUT2D eigenvalue weighted by Gasteiger charge is -2.33. The van der Waals surface area contributed by atoms with Gasteiger partial charge in [-0.25, -0.2) is 0 Å². The van der Waals surface area contributed by atoms with Crippen LogP contribution in [0.5, 0.6) is 0 Å². The molecule has 1 atom stereocenters. The largest absolute Gasteiger partial charge is 0.481 e. The van der Waals surface area contributed by atoms with Gasteiger partial charge in [0.15, 0.2) is 0 Å². The molecule has 0 fully saturated rings. The zero-order valence-corrected chi connectivity index (χ0v) is 9.83. The van der Waals surface area contributed by atoms with Crippen LogP contribution >= 0.6 is 0 Å². The molecule has 0 aliphatic heterocycles. The Morgan fingerprint density at radius 3 is 2.21 bits per heavy atom. The molecule has 0 rings (SSSR count). The minimum Gasteiger partial charge on any atom is -0.481 e. The molecule has 3 heteroatoms. The number of carboxylic acids is 1. The smallest absolute Gasteiger partial charge is 0.309 e. The van der Waals surface area contributed by atoms with Crippen molar-refractivity contribution in [2.45, 2.75) is 59.2 Å². The Labute approximate surface area is 86.5 Å². The Morgan fingerprint density at radius 2 is 1.93 bits per heavy atom. The van der Waals surface area contributed by atoms with Gasteiger partial charge >= 0.3 is 5.97 Å². The Hall–Kier alpha value is -0.570. The SMILES string of the molecule is CCCC(C(=O)O)C(C)(C)OC(C)C. The summed E-state index contributed by atoms with van der Waals surface area (Å²) in [6.07, 6.45) is 1.58. The molecule has 0 spiro atoms. The second-order valence-electron chi connectivity index (χ2n) is 4.45. The fraction of sp³-hybridized carbons (Fsp3) is 0.909. The van der Waals surface area contributed by atoms with E-state index in [4.69, 9.17) is 9.84 Å². The van der Waals surface area contributed by atoms with E-state index in [9.17, 15) is 4.79 Å². The number of hydrogen-bond donors (Lipinski definition) is 1. The lowest BCUT2D eigenvalue weighted by Crippen LogP contribution is -2.41. The summed E-state index contributed by atoms with van der Waals surface area (Å²) >= 11 is 0. The van der Waals surface area contributed by atoms with Gasteiger partial charge < -0.3 is 9.84 Å². The van der Waals surface area contributed by atoms with Crippen LogP contribution in [0.3, 0.4) is 0 Å². The van der Waals surface area contributed by atoms with E-state index in [1.54, 1.807) is 0 Å². The van der Waals surface area contributed by atoms with Crippen LogP contribution in [-0.4, -0.2) is 22.8 Å². The van der Waals surface area contributed by atoms with Gasteiger partial charge in [0, 0.05) is 0 Å². The van der Waals surface area contributed by atoms with Gasteiger partial charge in [-0.3, -0.25) is 4.79 Å². The van der Waals surface area contributed by atoms with Crippen molar-refractivity contribution in [1.29, 1.82) is 0 Å². The van der Waals surface area contributed by atoms with Crippen molar-refractivity contribution in [2.24, 2.45) is 5.92 Å². The fourth-order valence-corrected chi connectivity index (χ4v) is 1.75. The van der Waals surface area contributed by atoms with Crippen molar-refractivity contribution in [3.8, 4) is 0 Å². The van der Waals surface area contributed by atoms with E-state index in [0.29, 0.717) is 6.42 Å². The van der Waals surface area contributed by atoms with Crippen LogP contribution in [0.15, 0.2) is 0 Å². The normalized spacial score (nSPS) is 14.4. The van der Waals surface area contributed by atoms with Gasteiger partial charge in [-0.15, -0.1) is 0 Å². The third-order valence-corrected chi connectivity index (χ3v) is 2.25. The van der Waals surface area contributed by atoms with Gasteiger partial charge in [-0.2, -0.15) is 0 Å². The summed E-state index contributed by atoms with van der Waals surface area (Å²) in [5, 5.41) is 9.07. The third-order valence-electron chi connectivity index (χ3n) is 2.25. The maximum Gasteiger partial charge on any atom is 0.309 e. The molecule has 3 nitrogen and oxygen atoms in total. The summed E-state index contributed by atoms with van der Waals surface area (Å²) < 4.78 is 5.63. The summed E-state index contributed by atoms with van der Waals surface area (Å²) in [6, 6.07) is 0. The van der Waals surface area contributed by atoms with Crippen LogP contribution in [0.4, 0.5) is 0 Å². The first-order chi connectivity index (χ1) is 6.31.